The number of hydrogen-bond acceptors (Lipinski definition) is 4. The van der Waals surface area contributed by atoms with Crippen LogP contribution in [0.25, 0.3) is 0 Å². The highest BCUT2D eigenvalue weighted by Crippen LogP contribution is 2.14. The van der Waals surface area contributed by atoms with E-state index in [-0.39, 0.29) is 0 Å². The van der Waals surface area contributed by atoms with Crippen molar-refractivity contribution in [3.8, 4) is 0 Å². The molecule has 0 unspecified atom stereocenters. The van der Waals surface area contributed by atoms with Gasteiger partial charge in [-0.2, -0.15) is 0 Å². The monoisotopic (exact) mass is 242 g/mol. The van der Waals surface area contributed by atoms with Gasteiger partial charge in [0.05, 0.1) is 0 Å². The molecule has 0 amide bonds. The smallest absolute Gasteiger partial charge is 0.128 e. The SMILES string of the molecule is CCN(Cc1ccncc1)c1ccc(CN)cn1. The molecule has 0 aromatic carbocycles. The largest absolute Gasteiger partial charge is 0.353 e. The minimum atomic E-state index is 0.532. The van der Waals surface area contributed by atoms with Crippen LogP contribution in [-0.4, -0.2) is 16.5 Å². The molecule has 0 atom stereocenters. The molecular formula is C14H18N4. The minimum Gasteiger partial charge on any atom is -0.353 e. The molecule has 0 spiro atoms. The van der Waals surface area contributed by atoms with Gasteiger partial charge in [0, 0.05) is 38.2 Å². The molecule has 2 N–H and O–H groups in total. The summed E-state index contributed by atoms with van der Waals surface area (Å²) in [7, 11) is 0. The molecule has 2 aromatic heterocycles. The summed E-state index contributed by atoms with van der Waals surface area (Å²) in [5, 5.41) is 0. The summed E-state index contributed by atoms with van der Waals surface area (Å²) in [6.07, 6.45) is 5.47. The molecule has 2 heterocycles. The van der Waals surface area contributed by atoms with E-state index < -0.39 is 0 Å². The first-order valence-electron chi connectivity index (χ1n) is 6.12. The third kappa shape index (κ3) is 3.05. The van der Waals surface area contributed by atoms with Crippen LogP contribution in [0.2, 0.25) is 0 Å². The van der Waals surface area contributed by atoms with Crippen molar-refractivity contribution in [3.63, 3.8) is 0 Å². The van der Waals surface area contributed by atoms with Crippen LogP contribution in [0.3, 0.4) is 0 Å². The zero-order valence-corrected chi connectivity index (χ0v) is 10.6. The Morgan fingerprint density at radius 2 is 1.89 bits per heavy atom. The van der Waals surface area contributed by atoms with Crippen molar-refractivity contribution < 1.29 is 0 Å². The van der Waals surface area contributed by atoms with Crippen molar-refractivity contribution in [1.29, 1.82) is 0 Å². The molecular weight excluding hydrogens is 224 g/mol. The van der Waals surface area contributed by atoms with Gasteiger partial charge in [-0.25, -0.2) is 4.98 Å². The van der Waals surface area contributed by atoms with Gasteiger partial charge >= 0.3 is 0 Å². The standard InChI is InChI=1S/C14H18N4/c1-2-18(11-12-5-7-16-8-6-12)14-4-3-13(9-15)10-17-14/h3-8,10H,2,9,11,15H2,1H3. The average Bonchev–Trinajstić information content (AvgIpc) is 2.46. The highest BCUT2D eigenvalue weighted by molar-refractivity contribution is 5.40. The van der Waals surface area contributed by atoms with Crippen molar-refractivity contribution in [1.82, 2.24) is 9.97 Å². The molecule has 0 aliphatic rings. The van der Waals surface area contributed by atoms with Crippen LogP contribution >= 0.6 is 0 Å². The van der Waals surface area contributed by atoms with Crippen LogP contribution < -0.4 is 10.6 Å². The van der Waals surface area contributed by atoms with E-state index in [4.69, 9.17) is 5.73 Å². The lowest BCUT2D eigenvalue weighted by molar-refractivity contribution is 0.810. The Labute approximate surface area is 107 Å². The first-order valence-corrected chi connectivity index (χ1v) is 6.12. The van der Waals surface area contributed by atoms with Crippen molar-refractivity contribution in [2.24, 2.45) is 5.73 Å². The van der Waals surface area contributed by atoms with E-state index in [9.17, 15) is 0 Å². The molecule has 0 saturated carbocycles. The molecule has 0 saturated heterocycles. The zero-order valence-electron chi connectivity index (χ0n) is 10.6. The summed E-state index contributed by atoms with van der Waals surface area (Å²) >= 11 is 0. The fraction of sp³-hybridized carbons (Fsp3) is 0.286. The molecule has 4 heteroatoms. The summed E-state index contributed by atoms with van der Waals surface area (Å²) in [6.45, 7) is 4.41. The van der Waals surface area contributed by atoms with E-state index in [2.05, 4.69) is 21.8 Å². The van der Waals surface area contributed by atoms with Gasteiger partial charge in [0.1, 0.15) is 5.82 Å². The van der Waals surface area contributed by atoms with Gasteiger partial charge < -0.3 is 10.6 Å². The van der Waals surface area contributed by atoms with Gasteiger partial charge in [0.15, 0.2) is 0 Å². The van der Waals surface area contributed by atoms with Crippen LogP contribution in [0, 0.1) is 0 Å². The molecule has 0 aliphatic heterocycles. The summed E-state index contributed by atoms with van der Waals surface area (Å²) in [5.41, 5.74) is 7.86. The summed E-state index contributed by atoms with van der Waals surface area (Å²) < 4.78 is 0. The molecule has 2 rings (SSSR count). The van der Waals surface area contributed by atoms with E-state index in [1.54, 1.807) is 0 Å². The van der Waals surface area contributed by atoms with E-state index in [1.165, 1.54) is 5.56 Å². The Kier molecular flexibility index (Phi) is 4.25. The fourth-order valence-electron chi connectivity index (χ4n) is 1.79. The normalized spacial score (nSPS) is 10.3. The summed E-state index contributed by atoms with van der Waals surface area (Å²) in [5.74, 6) is 0.978. The number of nitrogens with zero attached hydrogens (tertiary/aromatic N) is 3. The van der Waals surface area contributed by atoms with E-state index >= 15 is 0 Å². The number of rotatable bonds is 5. The Bertz CT molecular complexity index is 467. The number of anilines is 1. The minimum absolute atomic E-state index is 0.532. The van der Waals surface area contributed by atoms with Crippen molar-refractivity contribution in [3.05, 3.63) is 54.0 Å². The third-order valence-corrected chi connectivity index (χ3v) is 2.87. The van der Waals surface area contributed by atoms with Gasteiger partial charge in [0.2, 0.25) is 0 Å². The summed E-state index contributed by atoms with van der Waals surface area (Å²) in [6, 6.07) is 8.10. The molecule has 0 aliphatic carbocycles. The Morgan fingerprint density at radius 3 is 2.44 bits per heavy atom. The van der Waals surface area contributed by atoms with E-state index in [1.807, 2.05) is 42.9 Å². The second-order valence-electron chi connectivity index (χ2n) is 4.10. The number of hydrogen-bond donors (Lipinski definition) is 1. The quantitative estimate of drug-likeness (QED) is 0.870. The van der Waals surface area contributed by atoms with Crippen LogP contribution in [0.4, 0.5) is 5.82 Å². The zero-order chi connectivity index (χ0) is 12.8. The predicted molar refractivity (Wildman–Crippen MR) is 73.1 cm³/mol. The topological polar surface area (TPSA) is 55.0 Å². The second-order valence-corrected chi connectivity index (χ2v) is 4.10. The molecule has 94 valence electrons. The molecule has 4 nitrogen and oxygen atoms in total. The summed E-state index contributed by atoms with van der Waals surface area (Å²) in [4.78, 5) is 10.7. The maximum atomic E-state index is 5.57. The molecule has 2 aromatic rings. The van der Waals surface area contributed by atoms with Crippen LogP contribution in [0.1, 0.15) is 18.1 Å². The second kappa shape index (κ2) is 6.12. The van der Waals surface area contributed by atoms with Crippen LogP contribution in [0.5, 0.6) is 0 Å². The van der Waals surface area contributed by atoms with Crippen LogP contribution in [-0.2, 0) is 13.1 Å². The molecule has 0 bridgehead atoms. The molecule has 0 radical (unpaired) electrons. The predicted octanol–water partition coefficient (Wildman–Crippen LogP) is 1.96. The number of pyridine rings is 2. The first kappa shape index (κ1) is 12.5. The van der Waals surface area contributed by atoms with Gasteiger partial charge in [-0.1, -0.05) is 6.07 Å². The van der Waals surface area contributed by atoms with Crippen molar-refractivity contribution in [2.75, 3.05) is 11.4 Å². The van der Waals surface area contributed by atoms with Gasteiger partial charge in [-0.3, -0.25) is 4.98 Å². The first-order chi connectivity index (χ1) is 8.83. The fourth-order valence-corrected chi connectivity index (χ4v) is 1.79. The molecule has 18 heavy (non-hydrogen) atoms. The highest BCUT2D eigenvalue weighted by atomic mass is 15.2. The Morgan fingerprint density at radius 1 is 1.11 bits per heavy atom. The van der Waals surface area contributed by atoms with Crippen molar-refractivity contribution in [2.45, 2.75) is 20.0 Å². The van der Waals surface area contributed by atoms with Crippen molar-refractivity contribution >= 4 is 5.82 Å². The third-order valence-electron chi connectivity index (χ3n) is 2.87. The lowest BCUT2D eigenvalue weighted by Gasteiger charge is -2.22. The van der Waals surface area contributed by atoms with Gasteiger partial charge in [0.25, 0.3) is 0 Å². The maximum absolute atomic E-state index is 5.57. The highest BCUT2D eigenvalue weighted by Gasteiger charge is 2.06. The Balaban J connectivity index is 2.12. The lowest BCUT2D eigenvalue weighted by Crippen LogP contribution is -2.23. The van der Waals surface area contributed by atoms with Crippen LogP contribution in [0.15, 0.2) is 42.9 Å². The van der Waals surface area contributed by atoms with Gasteiger partial charge in [-0.05, 0) is 36.2 Å². The van der Waals surface area contributed by atoms with Gasteiger partial charge in [-0.15, -0.1) is 0 Å². The Hall–Kier alpha value is -1.94. The lowest BCUT2D eigenvalue weighted by atomic mass is 10.2. The van der Waals surface area contributed by atoms with E-state index in [0.717, 1.165) is 24.5 Å². The van der Waals surface area contributed by atoms with E-state index in [0.29, 0.717) is 6.54 Å². The number of aromatic nitrogens is 2. The molecule has 0 fully saturated rings. The average molecular weight is 242 g/mol. The maximum Gasteiger partial charge on any atom is 0.128 e. The number of nitrogens with two attached hydrogens (primary N) is 1.